The zero-order chi connectivity index (χ0) is 9.14. The molecule has 0 spiro atoms. The fourth-order valence-electron chi connectivity index (χ4n) is 0.809. The summed E-state index contributed by atoms with van der Waals surface area (Å²) in [6.45, 7) is 3.22. The van der Waals surface area contributed by atoms with Gasteiger partial charge in [-0.05, 0) is 18.2 Å². The summed E-state index contributed by atoms with van der Waals surface area (Å²) in [5.41, 5.74) is -0.119. The number of benzene rings is 1. The molecule has 0 aromatic heterocycles. The third-order valence-corrected chi connectivity index (χ3v) is 1.35. The number of nitro benzene ring substituents is 1. The van der Waals surface area contributed by atoms with Crippen LogP contribution >= 0.6 is 0 Å². The van der Waals surface area contributed by atoms with E-state index in [4.69, 9.17) is 0 Å². The topological polar surface area (TPSA) is 43.1 Å². The first-order valence-corrected chi connectivity index (χ1v) is 3.12. The van der Waals surface area contributed by atoms with Gasteiger partial charge in [0, 0.05) is 6.07 Å². The SMILES string of the molecule is C=[C]c1cc(F)ccc1[N+](=O)[O-]. The molecule has 1 aromatic carbocycles. The molecule has 12 heavy (non-hydrogen) atoms. The fourth-order valence-corrected chi connectivity index (χ4v) is 0.809. The highest BCUT2D eigenvalue weighted by molar-refractivity contribution is 5.43. The molecule has 0 amide bonds. The summed E-state index contributed by atoms with van der Waals surface area (Å²) in [4.78, 5) is 9.70. The van der Waals surface area contributed by atoms with Gasteiger partial charge in [-0.25, -0.2) is 4.39 Å². The minimum Gasteiger partial charge on any atom is -0.258 e. The van der Waals surface area contributed by atoms with Gasteiger partial charge in [-0.3, -0.25) is 10.1 Å². The molecule has 0 unspecified atom stereocenters. The molecule has 0 atom stereocenters. The molecule has 0 saturated heterocycles. The van der Waals surface area contributed by atoms with Crippen molar-refractivity contribution in [1.82, 2.24) is 0 Å². The van der Waals surface area contributed by atoms with Crippen LogP contribution in [0.25, 0.3) is 0 Å². The van der Waals surface area contributed by atoms with Crippen LogP contribution in [-0.2, 0) is 0 Å². The first-order valence-electron chi connectivity index (χ1n) is 3.12. The van der Waals surface area contributed by atoms with Crippen molar-refractivity contribution >= 4 is 5.69 Å². The van der Waals surface area contributed by atoms with Crippen molar-refractivity contribution in [2.75, 3.05) is 0 Å². The molecule has 1 rings (SSSR count). The molecule has 0 fully saturated rings. The summed E-state index contributed by atoms with van der Waals surface area (Å²) < 4.78 is 12.5. The molecule has 61 valence electrons. The van der Waals surface area contributed by atoms with E-state index in [1.54, 1.807) is 0 Å². The van der Waals surface area contributed by atoms with E-state index >= 15 is 0 Å². The molecule has 0 aliphatic heterocycles. The van der Waals surface area contributed by atoms with Gasteiger partial charge >= 0.3 is 0 Å². The van der Waals surface area contributed by atoms with Crippen LogP contribution in [-0.4, -0.2) is 4.92 Å². The molecule has 3 nitrogen and oxygen atoms in total. The number of nitro groups is 1. The Labute approximate surface area is 68.3 Å². The van der Waals surface area contributed by atoms with Gasteiger partial charge in [-0.2, -0.15) is 0 Å². The van der Waals surface area contributed by atoms with Crippen LogP contribution in [0.15, 0.2) is 24.8 Å². The normalized spacial score (nSPS) is 9.42. The Bertz CT molecular complexity index is 336. The number of rotatable bonds is 2. The highest BCUT2D eigenvalue weighted by atomic mass is 19.1. The molecular weight excluding hydrogens is 161 g/mol. The van der Waals surface area contributed by atoms with Crippen molar-refractivity contribution in [3.8, 4) is 0 Å². The second-order valence-corrected chi connectivity index (χ2v) is 2.10. The molecule has 0 aliphatic rings. The number of hydrogen-bond donors (Lipinski definition) is 0. The summed E-state index contributed by atoms with van der Waals surface area (Å²) in [7, 11) is 0. The molecule has 0 N–H and O–H groups in total. The number of hydrogen-bond acceptors (Lipinski definition) is 2. The molecular formula is C8H5FNO2. The van der Waals surface area contributed by atoms with Crippen molar-refractivity contribution in [1.29, 1.82) is 0 Å². The van der Waals surface area contributed by atoms with E-state index in [0.29, 0.717) is 0 Å². The van der Waals surface area contributed by atoms with Crippen LogP contribution in [0.5, 0.6) is 0 Å². The zero-order valence-corrected chi connectivity index (χ0v) is 6.08. The van der Waals surface area contributed by atoms with Gasteiger partial charge in [0.1, 0.15) is 5.82 Å². The first kappa shape index (κ1) is 8.39. The van der Waals surface area contributed by atoms with Gasteiger partial charge in [0.15, 0.2) is 0 Å². The van der Waals surface area contributed by atoms with E-state index in [0.717, 1.165) is 18.2 Å². The summed E-state index contributed by atoms with van der Waals surface area (Å²) >= 11 is 0. The van der Waals surface area contributed by atoms with E-state index in [1.807, 2.05) is 0 Å². The van der Waals surface area contributed by atoms with Crippen molar-refractivity contribution in [2.24, 2.45) is 0 Å². The highest BCUT2D eigenvalue weighted by Gasteiger charge is 2.11. The Kier molecular flexibility index (Phi) is 2.19. The summed E-state index contributed by atoms with van der Waals surface area (Å²) in [5, 5.41) is 10.3. The van der Waals surface area contributed by atoms with E-state index in [2.05, 4.69) is 12.7 Å². The summed E-state index contributed by atoms with van der Waals surface area (Å²) in [6, 6.07) is 3.13. The van der Waals surface area contributed by atoms with Gasteiger partial charge < -0.3 is 0 Å². The molecule has 0 heterocycles. The van der Waals surface area contributed by atoms with Crippen molar-refractivity contribution in [2.45, 2.75) is 0 Å². The van der Waals surface area contributed by atoms with Gasteiger partial charge in [0.2, 0.25) is 0 Å². The first-order chi connectivity index (χ1) is 5.65. The molecule has 4 heteroatoms. The Morgan fingerprint density at radius 1 is 1.58 bits per heavy atom. The van der Waals surface area contributed by atoms with Gasteiger partial charge in [-0.15, -0.1) is 0 Å². The van der Waals surface area contributed by atoms with Crippen LogP contribution in [0.2, 0.25) is 0 Å². The van der Waals surface area contributed by atoms with Crippen LogP contribution in [0.1, 0.15) is 5.56 Å². The Hall–Kier alpha value is -1.71. The average molecular weight is 166 g/mol. The van der Waals surface area contributed by atoms with Crippen molar-refractivity contribution in [3.05, 3.63) is 52.3 Å². The second kappa shape index (κ2) is 3.13. The predicted octanol–water partition coefficient (Wildman–Crippen LogP) is 2.07. The third-order valence-electron chi connectivity index (χ3n) is 1.35. The molecule has 1 radical (unpaired) electrons. The van der Waals surface area contributed by atoms with Crippen LogP contribution < -0.4 is 0 Å². The number of halogens is 1. The van der Waals surface area contributed by atoms with E-state index in [-0.39, 0.29) is 11.3 Å². The van der Waals surface area contributed by atoms with Crippen molar-refractivity contribution in [3.63, 3.8) is 0 Å². The van der Waals surface area contributed by atoms with Gasteiger partial charge in [0.05, 0.1) is 10.5 Å². The lowest BCUT2D eigenvalue weighted by molar-refractivity contribution is -0.385. The fraction of sp³-hybridized carbons (Fsp3) is 0. The summed E-state index contributed by atoms with van der Waals surface area (Å²) in [6.07, 6.45) is 2.29. The van der Waals surface area contributed by atoms with E-state index in [1.165, 1.54) is 0 Å². The standard InChI is InChI=1S/C8H5FNO2/c1-2-6-5-7(9)3-4-8(6)10(11)12/h3-5H,1H2. The minimum absolute atomic E-state index is 0.0694. The zero-order valence-electron chi connectivity index (χ0n) is 6.08. The monoisotopic (exact) mass is 166 g/mol. The van der Waals surface area contributed by atoms with Gasteiger partial charge in [0.25, 0.3) is 5.69 Å². The largest absolute Gasteiger partial charge is 0.277 e. The molecule has 0 aliphatic carbocycles. The smallest absolute Gasteiger partial charge is 0.258 e. The maximum Gasteiger partial charge on any atom is 0.277 e. The average Bonchev–Trinajstić information content (AvgIpc) is 2.03. The third kappa shape index (κ3) is 1.47. The lowest BCUT2D eigenvalue weighted by Crippen LogP contribution is -1.92. The maximum absolute atomic E-state index is 12.5. The Morgan fingerprint density at radius 2 is 2.25 bits per heavy atom. The Balaban J connectivity index is 3.29. The predicted molar refractivity (Wildman–Crippen MR) is 41.0 cm³/mol. The second-order valence-electron chi connectivity index (χ2n) is 2.10. The molecule has 1 aromatic rings. The quantitative estimate of drug-likeness (QED) is 0.498. The maximum atomic E-state index is 12.5. The van der Waals surface area contributed by atoms with Crippen LogP contribution in [0, 0.1) is 22.0 Å². The van der Waals surface area contributed by atoms with Crippen LogP contribution in [0.4, 0.5) is 10.1 Å². The Morgan fingerprint density at radius 3 is 2.75 bits per heavy atom. The number of nitrogens with zero attached hydrogens (tertiary/aromatic N) is 1. The van der Waals surface area contributed by atoms with E-state index < -0.39 is 10.7 Å². The highest BCUT2D eigenvalue weighted by Crippen LogP contribution is 2.18. The minimum atomic E-state index is -0.604. The van der Waals surface area contributed by atoms with Gasteiger partial charge in [-0.1, -0.05) is 6.58 Å². The molecule has 0 saturated carbocycles. The van der Waals surface area contributed by atoms with Crippen molar-refractivity contribution < 1.29 is 9.31 Å². The van der Waals surface area contributed by atoms with E-state index in [9.17, 15) is 14.5 Å². The lowest BCUT2D eigenvalue weighted by Gasteiger charge is -1.95. The van der Waals surface area contributed by atoms with Crippen LogP contribution in [0.3, 0.4) is 0 Å². The molecule has 0 bridgehead atoms. The lowest BCUT2D eigenvalue weighted by atomic mass is 10.2. The summed E-state index contributed by atoms with van der Waals surface area (Å²) in [5.74, 6) is -0.535.